The summed E-state index contributed by atoms with van der Waals surface area (Å²) in [5, 5.41) is 7.85. The van der Waals surface area contributed by atoms with E-state index in [1.807, 2.05) is 0 Å². The van der Waals surface area contributed by atoms with Crippen molar-refractivity contribution in [1.82, 2.24) is 10.5 Å². The van der Waals surface area contributed by atoms with E-state index < -0.39 is 0 Å². The molecule has 110 valence electrons. The normalized spacial score (nSPS) is 29.1. The largest absolute Gasteiger partial charge is 0.373 e. The van der Waals surface area contributed by atoms with Crippen LogP contribution in [0.4, 0.5) is 0 Å². The van der Waals surface area contributed by atoms with E-state index >= 15 is 0 Å². The van der Waals surface area contributed by atoms with Crippen molar-refractivity contribution in [1.29, 1.82) is 0 Å². The minimum atomic E-state index is 0.109. The van der Waals surface area contributed by atoms with Crippen molar-refractivity contribution in [2.45, 2.75) is 75.5 Å². The van der Waals surface area contributed by atoms with E-state index in [-0.39, 0.29) is 5.60 Å². The molecule has 3 fully saturated rings. The Bertz CT molecular complexity index is 461. The van der Waals surface area contributed by atoms with Crippen LogP contribution in [0.25, 0.3) is 0 Å². The predicted molar refractivity (Wildman–Crippen MR) is 75.5 cm³/mol. The van der Waals surface area contributed by atoms with Gasteiger partial charge in [-0.1, -0.05) is 24.4 Å². The van der Waals surface area contributed by atoms with E-state index in [0.717, 1.165) is 31.0 Å². The maximum atomic E-state index is 6.13. The second-order valence-electron chi connectivity index (χ2n) is 6.69. The minimum Gasteiger partial charge on any atom is -0.373 e. The van der Waals surface area contributed by atoms with Gasteiger partial charge in [0.05, 0.1) is 17.8 Å². The number of nitrogens with one attached hydrogen (secondary N) is 1. The summed E-state index contributed by atoms with van der Waals surface area (Å²) in [6.07, 6.45) is 10.1. The lowest BCUT2D eigenvalue weighted by Gasteiger charge is -2.38. The van der Waals surface area contributed by atoms with Gasteiger partial charge in [0, 0.05) is 24.6 Å². The smallest absolute Gasteiger partial charge is 0.150 e. The van der Waals surface area contributed by atoms with Crippen LogP contribution in [0.5, 0.6) is 0 Å². The molecule has 1 spiro atoms. The highest BCUT2D eigenvalue weighted by molar-refractivity contribution is 5.15. The van der Waals surface area contributed by atoms with E-state index in [0.29, 0.717) is 12.0 Å². The van der Waals surface area contributed by atoms with E-state index in [1.54, 1.807) is 0 Å². The molecule has 2 saturated carbocycles. The molecule has 2 aliphatic carbocycles. The number of ether oxygens (including phenoxy) is 1. The van der Waals surface area contributed by atoms with Gasteiger partial charge in [-0.15, -0.1) is 0 Å². The van der Waals surface area contributed by atoms with E-state index in [4.69, 9.17) is 9.26 Å². The van der Waals surface area contributed by atoms with Gasteiger partial charge in [0.25, 0.3) is 0 Å². The monoisotopic (exact) mass is 276 g/mol. The first-order valence-electron chi connectivity index (χ1n) is 8.19. The zero-order valence-corrected chi connectivity index (χ0v) is 12.1. The molecular weight excluding hydrogens is 252 g/mol. The Morgan fingerprint density at radius 3 is 2.85 bits per heavy atom. The van der Waals surface area contributed by atoms with Gasteiger partial charge in [-0.05, 0) is 32.1 Å². The summed E-state index contributed by atoms with van der Waals surface area (Å²) in [5.74, 6) is 1.65. The fourth-order valence-electron chi connectivity index (χ4n) is 3.88. The lowest BCUT2D eigenvalue weighted by atomic mass is 9.79. The fourth-order valence-corrected chi connectivity index (χ4v) is 3.88. The van der Waals surface area contributed by atoms with Gasteiger partial charge in [0.15, 0.2) is 5.76 Å². The molecular formula is C16H24N2O2. The third-order valence-electron chi connectivity index (χ3n) is 5.23. The summed E-state index contributed by atoms with van der Waals surface area (Å²) in [6.45, 7) is 1.69. The molecule has 0 radical (unpaired) electrons. The summed E-state index contributed by atoms with van der Waals surface area (Å²) in [4.78, 5) is 0. The number of nitrogens with zero attached hydrogens (tertiary/aromatic N) is 1. The van der Waals surface area contributed by atoms with Gasteiger partial charge in [0.2, 0.25) is 0 Å². The average Bonchev–Trinajstić information content (AvgIpc) is 3.11. The van der Waals surface area contributed by atoms with Crippen molar-refractivity contribution in [3.63, 3.8) is 0 Å². The molecule has 4 rings (SSSR count). The Hall–Kier alpha value is -0.870. The van der Waals surface area contributed by atoms with Gasteiger partial charge < -0.3 is 14.6 Å². The molecule has 4 nitrogen and oxygen atoms in total. The van der Waals surface area contributed by atoms with Crippen LogP contribution < -0.4 is 5.32 Å². The Labute approximate surface area is 120 Å². The molecule has 0 aromatic carbocycles. The molecule has 0 unspecified atom stereocenters. The molecule has 1 saturated heterocycles. The van der Waals surface area contributed by atoms with Crippen molar-refractivity contribution in [3.8, 4) is 0 Å². The Morgan fingerprint density at radius 2 is 2.05 bits per heavy atom. The number of hydrogen-bond donors (Lipinski definition) is 1. The lowest BCUT2D eigenvalue weighted by molar-refractivity contribution is -0.0391. The van der Waals surface area contributed by atoms with E-state index in [1.165, 1.54) is 44.9 Å². The molecule has 2 heterocycles. The van der Waals surface area contributed by atoms with Crippen LogP contribution in [0, 0.1) is 0 Å². The van der Waals surface area contributed by atoms with Crippen molar-refractivity contribution in [2.24, 2.45) is 0 Å². The van der Waals surface area contributed by atoms with Crippen LogP contribution >= 0.6 is 0 Å². The topological polar surface area (TPSA) is 47.3 Å². The highest BCUT2D eigenvalue weighted by Crippen LogP contribution is 2.40. The van der Waals surface area contributed by atoms with Crippen LogP contribution in [0.15, 0.2) is 10.6 Å². The summed E-state index contributed by atoms with van der Waals surface area (Å²) in [6, 6.07) is 2.62. The van der Waals surface area contributed by atoms with Crippen molar-refractivity contribution >= 4 is 0 Å². The van der Waals surface area contributed by atoms with Crippen LogP contribution in [-0.4, -0.2) is 23.4 Å². The summed E-state index contributed by atoms with van der Waals surface area (Å²) < 4.78 is 11.6. The number of aromatic nitrogens is 1. The van der Waals surface area contributed by atoms with Gasteiger partial charge in [-0.3, -0.25) is 0 Å². The zero-order valence-electron chi connectivity index (χ0n) is 12.1. The standard InChI is InChI=1S/C16H24N2O2/c1-2-7-16(8-3-1)15(6-9-19-16)17-11-13-10-14(18-20-13)12-4-5-12/h10,12,15,17H,1-9,11H2/t15-/m0/s1. The Kier molecular flexibility index (Phi) is 3.31. The van der Waals surface area contributed by atoms with Gasteiger partial charge in [-0.25, -0.2) is 0 Å². The molecule has 1 atom stereocenters. The predicted octanol–water partition coefficient (Wildman–Crippen LogP) is 3.13. The van der Waals surface area contributed by atoms with Gasteiger partial charge in [0.1, 0.15) is 0 Å². The van der Waals surface area contributed by atoms with E-state index in [2.05, 4.69) is 16.5 Å². The molecule has 1 N–H and O–H groups in total. The van der Waals surface area contributed by atoms with E-state index in [9.17, 15) is 0 Å². The quantitative estimate of drug-likeness (QED) is 0.917. The molecule has 4 heteroatoms. The molecule has 1 aromatic heterocycles. The molecule has 0 amide bonds. The highest BCUT2D eigenvalue weighted by atomic mass is 16.5. The minimum absolute atomic E-state index is 0.109. The van der Waals surface area contributed by atoms with Gasteiger partial charge in [-0.2, -0.15) is 0 Å². The molecule has 3 aliphatic rings. The third-order valence-corrected chi connectivity index (χ3v) is 5.23. The van der Waals surface area contributed by atoms with Crippen molar-refractivity contribution in [2.75, 3.05) is 6.61 Å². The van der Waals surface area contributed by atoms with Crippen LogP contribution in [0.2, 0.25) is 0 Å². The zero-order chi connectivity index (χ0) is 13.4. The first-order chi connectivity index (χ1) is 9.86. The second-order valence-corrected chi connectivity index (χ2v) is 6.69. The maximum Gasteiger partial charge on any atom is 0.150 e. The van der Waals surface area contributed by atoms with Crippen molar-refractivity contribution in [3.05, 3.63) is 17.5 Å². The van der Waals surface area contributed by atoms with Crippen molar-refractivity contribution < 1.29 is 9.26 Å². The highest BCUT2D eigenvalue weighted by Gasteiger charge is 2.44. The molecule has 1 aromatic rings. The summed E-state index contributed by atoms with van der Waals surface area (Å²) in [7, 11) is 0. The SMILES string of the molecule is c1c(C2CC2)noc1CN[C@H]1CCOC12CCCCC2. The first kappa shape index (κ1) is 12.8. The first-order valence-corrected chi connectivity index (χ1v) is 8.19. The molecule has 1 aliphatic heterocycles. The van der Waals surface area contributed by atoms with Crippen LogP contribution in [0.1, 0.15) is 68.7 Å². The molecule has 20 heavy (non-hydrogen) atoms. The fraction of sp³-hybridized carbons (Fsp3) is 0.812. The maximum absolute atomic E-state index is 6.13. The number of rotatable bonds is 4. The third kappa shape index (κ3) is 2.40. The Balaban J connectivity index is 1.37. The molecule has 0 bridgehead atoms. The number of hydrogen-bond acceptors (Lipinski definition) is 4. The van der Waals surface area contributed by atoms with Crippen LogP contribution in [0.3, 0.4) is 0 Å². The summed E-state index contributed by atoms with van der Waals surface area (Å²) >= 11 is 0. The average molecular weight is 276 g/mol. The Morgan fingerprint density at radius 1 is 1.20 bits per heavy atom. The van der Waals surface area contributed by atoms with Crippen LogP contribution in [-0.2, 0) is 11.3 Å². The lowest BCUT2D eigenvalue weighted by Crippen LogP contribution is -2.48. The second kappa shape index (κ2) is 5.15. The van der Waals surface area contributed by atoms with Gasteiger partial charge >= 0.3 is 0 Å². The summed E-state index contributed by atoms with van der Waals surface area (Å²) in [5.41, 5.74) is 1.26.